The zero-order chi connectivity index (χ0) is 12.8. The molecule has 1 aliphatic rings. The van der Waals surface area contributed by atoms with Gasteiger partial charge in [0.05, 0.1) is 0 Å². The molecule has 0 radical (unpaired) electrons. The second-order valence-corrected chi connectivity index (χ2v) is 5.62. The fraction of sp³-hybridized carbons (Fsp3) is 0.625. The van der Waals surface area contributed by atoms with Crippen LogP contribution in [0.4, 0.5) is 0 Å². The summed E-state index contributed by atoms with van der Waals surface area (Å²) in [5.41, 5.74) is 2.82. The van der Waals surface area contributed by atoms with Crippen molar-refractivity contribution in [3.8, 4) is 0 Å². The first-order valence-corrected chi connectivity index (χ1v) is 7.21. The molecule has 1 aliphatic heterocycles. The molecule has 1 N–H and O–H groups in total. The highest BCUT2D eigenvalue weighted by Gasteiger charge is 2.13. The molecule has 100 valence electrons. The Hall–Kier alpha value is -0.860. The lowest BCUT2D eigenvalue weighted by Gasteiger charge is -2.16. The van der Waals surface area contributed by atoms with Crippen molar-refractivity contribution in [2.75, 3.05) is 26.7 Å². The highest BCUT2D eigenvalue weighted by atomic mass is 15.1. The second kappa shape index (κ2) is 6.91. The first-order chi connectivity index (χ1) is 8.74. The van der Waals surface area contributed by atoms with Gasteiger partial charge in [0.15, 0.2) is 0 Å². The SMILES string of the molecule is Cc1cccc(CCNC2CCCN(C)CC2)c1. The van der Waals surface area contributed by atoms with E-state index in [0.717, 1.165) is 19.0 Å². The van der Waals surface area contributed by atoms with Gasteiger partial charge in [0.1, 0.15) is 0 Å². The molecule has 1 saturated heterocycles. The third-order valence-electron chi connectivity index (χ3n) is 3.88. The fourth-order valence-electron chi connectivity index (χ4n) is 2.73. The van der Waals surface area contributed by atoms with E-state index >= 15 is 0 Å². The third-order valence-corrected chi connectivity index (χ3v) is 3.88. The average molecular weight is 246 g/mol. The zero-order valence-corrected chi connectivity index (χ0v) is 11.8. The van der Waals surface area contributed by atoms with Crippen LogP contribution in [0.15, 0.2) is 24.3 Å². The van der Waals surface area contributed by atoms with Crippen molar-refractivity contribution in [2.45, 2.75) is 38.6 Å². The van der Waals surface area contributed by atoms with Crippen molar-refractivity contribution in [1.82, 2.24) is 10.2 Å². The highest BCUT2D eigenvalue weighted by molar-refractivity contribution is 5.22. The summed E-state index contributed by atoms with van der Waals surface area (Å²) in [4.78, 5) is 2.45. The van der Waals surface area contributed by atoms with Gasteiger partial charge in [0, 0.05) is 6.04 Å². The van der Waals surface area contributed by atoms with Gasteiger partial charge < -0.3 is 10.2 Å². The van der Waals surface area contributed by atoms with Crippen LogP contribution in [0, 0.1) is 6.92 Å². The van der Waals surface area contributed by atoms with Gasteiger partial charge in [-0.1, -0.05) is 29.8 Å². The molecule has 0 amide bonds. The molecule has 2 rings (SSSR count). The summed E-state index contributed by atoms with van der Waals surface area (Å²) in [6.45, 7) is 5.77. The number of benzene rings is 1. The Morgan fingerprint density at radius 2 is 2.17 bits per heavy atom. The summed E-state index contributed by atoms with van der Waals surface area (Å²) >= 11 is 0. The maximum atomic E-state index is 3.72. The van der Waals surface area contributed by atoms with E-state index in [0.29, 0.717) is 0 Å². The summed E-state index contributed by atoms with van der Waals surface area (Å²) in [5.74, 6) is 0. The molecule has 1 aromatic carbocycles. The maximum absolute atomic E-state index is 3.72. The first kappa shape index (κ1) is 13.6. The lowest BCUT2D eigenvalue weighted by Crippen LogP contribution is -2.31. The number of aryl methyl sites for hydroxylation is 1. The normalized spacial score (nSPS) is 21.8. The average Bonchev–Trinajstić information content (AvgIpc) is 2.55. The van der Waals surface area contributed by atoms with E-state index in [-0.39, 0.29) is 0 Å². The maximum Gasteiger partial charge on any atom is 0.00798 e. The van der Waals surface area contributed by atoms with Crippen LogP contribution in [0.2, 0.25) is 0 Å². The predicted molar refractivity (Wildman–Crippen MR) is 78.0 cm³/mol. The Morgan fingerprint density at radius 3 is 3.00 bits per heavy atom. The topological polar surface area (TPSA) is 15.3 Å². The minimum Gasteiger partial charge on any atom is -0.314 e. The number of likely N-dealkylation sites (tertiary alicyclic amines) is 1. The van der Waals surface area contributed by atoms with Gasteiger partial charge in [-0.2, -0.15) is 0 Å². The van der Waals surface area contributed by atoms with Gasteiger partial charge in [-0.05, 0) is 64.9 Å². The van der Waals surface area contributed by atoms with Crippen molar-refractivity contribution in [1.29, 1.82) is 0 Å². The summed E-state index contributed by atoms with van der Waals surface area (Å²) in [7, 11) is 2.23. The van der Waals surface area contributed by atoms with Crippen LogP contribution in [0.3, 0.4) is 0 Å². The molecule has 2 nitrogen and oxygen atoms in total. The van der Waals surface area contributed by atoms with Gasteiger partial charge in [0.2, 0.25) is 0 Å². The Kier molecular flexibility index (Phi) is 5.21. The third kappa shape index (κ3) is 4.43. The quantitative estimate of drug-likeness (QED) is 0.878. The molecule has 1 fully saturated rings. The Balaban J connectivity index is 1.71. The van der Waals surface area contributed by atoms with Crippen LogP contribution in [0.25, 0.3) is 0 Å². The molecule has 1 unspecified atom stereocenters. The number of hydrogen-bond donors (Lipinski definition) is 1. The number of nitrogens with one attached hydrogen (secondary N) is 1. The number of rotatable bonds is 4. The monoisotopic (exact) mass is 246 g/mol. The van der Waals surface area contributed by atoms with E-state index in [4.69, 9.17) is 0 Å². The minimum absolute atomic E-state index is 0.722. The first-order valence-electron chi connectivity index (χ1n) is 7.21. The van der Waals surface area contributed by atoms with Crippen molar-refractivity contribution in [3.05, 3.63) is 35.4 Å². The van der Waals surface area contributed by atoms with E-state index in [1.807, 2.05) is 0 Å². The number of hydrogen-bond acceptors (Lipinski definition) is 2. The summed E-state index contributed by atoms with van der Waals surface area (Å²) in [5, 5.41) is 3.72. The Labute approximate surface area is 111 Å². The molecule has 0 bridgehead atoms. The molecule has 0 spiro atoms. The molecule has 2 heteroatoms. The van der Waals surface area contributed by atoms with Crippen LogP contribution in [-0.2, 0) is 6.42 Å². The fourth-order valence-corrected chi connectivity index (χ4v) is 2.73. The Morgan fingerprint density at radius 1 is 1.28 bits per heavy atom. The summed E-state index contributed by atoms with van der Waals surface area (Å²) in [6, 6.07) is 9.57. The van der Waals surface area contributed by atoms with Crippen LogP contribution in [0.1, 0.15) is 30.4 Å². The van der Waals surface area contributed by atoms with Crippen molar-refractivity contribution in [2.24, 2.45) is 0 Å². The van der Waals surface area contributed by atoms with Gasteiger partial charge in [-0.25, -0.2) is 0 Å². The van der Waals surface area contributed by atoms with E-state index < -0.39 is 0 Å². The molecule has 0 saturated carbocycles. The van der Waals surface area contributed by atoms with E-state index in [9.17, 15) is 0 Å². The molecule has 1 aromatic rings. The van der Waals surface area contributed by atoms with E-state index in [2.05, 4.69) is 48.5 Å². The lowest BCUT2D eigenvalue weighted by atomic mass is 10.1. The zero-order valence-electron chi connectivity index (χ0n) is 11.8. The second-order valence-electron chi connectivity index (χ2n) is 5.62. The minimum atomic E-state index is 0.722. The van der Waals surface area contributed by atoms with Crippen LogP contribution in [-0.4, -0.2) is 37.6 Å². The van der Waals surface area contributed by atoms with Gasteiger partial charge >= 0.3 is 0 Å². The van der Waals surface area contributed by atoms with Gasteiger partial charge in [-0.15, -0.1) is 0 Å². The predicted octanol–water partition coefficient (Wildman–Crippen LogP) is 2.61. The largest absolute Gasteiger partial charge is 0.314 e. The van der Waals surface area contributed by atoms with Gasteiger partial charge in [-0.3, -0.25) is 0 Å². The molecule has 1 heterocycles. The summed E-state index contributed by atoms with van der Waals surface area (Å²) < 4.78 is 0. The van der Waals surface area contributed by atoms with E-state index in [1.54, 1.807) is 0 Å². The van der Waals surface area contributed by atoms with Crippen LogP contribution in [0.5, 0.6) is 0 Å². The summed E-state index contributed by atoms with van der Waals surface area (Å²) in [6.07, 6.45) is 5.11. The van der Waals surface area contributed by atoms with Crippen LogP contribution >= 0.6 is 0 Å². The van der Waals surface area contributed by atoms with Crippen molar-refractivity contribution in [3.63, 3.8) is 0 Å². The molecular weight excluding hydrogens is 220 g/mol. The lowest BCUT2D eigenvalue weighted by molar-refractivity contribution is 0.344. The number of nitrogens with zero attached hydrogens (tertiary/aromatic N) is 1. The molecule has 0 aromatic heterocycles. The smallest absolute Gasteiger partial charge is 0.00798 e. The van der Waals surface area contributed by atoms with Crippen molar-refractivity contribution < 1.29 is 0 Å². The Bertz CT molecular complexity index is 362. The van der Waals surface area contributed by atoms with E-state index in [1.165, 1.54) is 43.5 Å². The molecule has 0 aliphatic carbocycles. The van der Waals surface area contributed by atoms with Gasteiger partial charge in [0.25, 0.3) is 0 Å². The molecule has 18 heavy (non-hydrogen) atoms. The van der Waals surface area contributed by atoms with Crippen LogP contribution < -0.4 is 5.32 Å². The highest BCUT2D eigenvalue weighted by Crippen LogP contribution is 2.10. The molecular formula is C16H26N2. The standard InChI is InChI=1S/C16H26N2/c1-14-5-3-6-15(13-14)8-10-17-16-7-4-11-18(2)12-9-16/h3,5-6,13,16-17H,4,7-12H2,1-2H3. The molecule has 1 atom stereocenters. The van der Waals surface area contributed by atoms with Crippen molar-refractivity contribution >= 4 is 0 Å².